The molecule has 0 bridgehead atoms. The molecule has 0 aliphatic carbocycles. The zero-order chi connectivity index (χ0) is 21.6. The lowest BCUT2D eigenvalue weighted by atomic mass is 9.89. The largest absolute Gasteiger partial charge is 0.360 e. The number of nitrogens with zero attached hydrogens (tertiary/aromatic N) is 3. The van der Waals surface area contributed by atoms with Crippen molar-refractivity contribution in [3.63, 3.8) is 0 Å². The van der Waals surface area contributed by atoms with Gasteiger partial charge in [-0.15, -0.1) is 0 Å². The normalized spacial score (nSPS) is 15.7. The van der Waals surface area contributed by atoms with Crippen LogP contribution in [0, 0.1) is 5.53 Å². The molecule has 7 nitrogen and oxygen atoms in total. The van der Waals surface area contributed by atoms with E-state index in [1.165, 1.54) is 23.8 Å². The third kappa shape index (κ3) is 5.34. The van der Waals surface area contributed by atoms with Gasteiger partial charge in [0.05, 0.1) is 15.9 Å². The number of hydrogen-bond acceptors (Lipinski definition) is 7. The number of anilines is 2. The van der Waals surface area contributed by atoms with Crippen LogP contribution in [0.15, 0.2) is 65.5 Å². The number of para-hydroxylation sites is 2. The topological polar surface area (TPSA) is 93.5 Å². The fourth-order valence-electron chi connectivity index (χ4n) is 3.95. The maximum atomic E-state index is 11.4. The molecule has 8 heteroatoms. The van der Waals surface area contributed by atoms with E-state index in [1.807, 2.05) is 36.5 Å². The molecule has 0 atom stereocenters. The Morgan fingerprint density at radius 2 is 2.00 bits per heavy atom. The van der Waals surface area contributed by atoms with Crippen LogP contribution in [0.2, 0.25) is 0 Å². The summed E-state index contributed by atoms with van der Waals surface area (Å²) in [5.41, 5.74) is 11.5. The van der Waals surface area contributed by atoms with Gasteiger partial charge in [-0.1, -0.05) is 41.7 Å². The van der Waals surface area contributed by atoms with Gasteiger partial charge in [-0.2, -0.15) is 5.11 Å². The van der Waals surface area contributed by atoms with Crippen LogP contribution in [0.3, 0.4) is 0 Å². The molecule has 1 aromatic heterocycles. The number of piperidine rings is 1. The molecule has 0 spiro atoms. The second kappa shape index (κ2) is 9.80. The summed E-state index contributed by atoms with van der Waals surface area (Å²) in [6.07, 6.45) is 3.88. The van der Waals surface area contributed by atoms with Gasteiger partial charge in [0.1, 0.15) is 0 Å². The molecule has 1 saturated heterocycles. The Kier molecular flexibility index (Phi) is 6.69. The van der Waals surface area contributed by atoms with Gasteiger partial charge in [0.15, 0.2) is 5.13 Å². The fourth-order valence-corrected chi connectivity index (χ4v) is 4.90. The lowest BCUT2D eigenvalue weighted by molar-refractivity contribution is -0.114. The molecule has 2 heterocycles. The number of thiazole rings is 1. The summed E-state index contributed by atoms with van der Waals surface area (Å²) in [5.74, 6) is 0.342. The molecule has 160 valence electrons. The summed E-state index contributed by atoms with van der Waals surface area (Å²) in [4.78, 5) is 18.4. The number of aromatic nitrogens is 1. The molecule has 31 heavy (non-hydrogen) atoms. The number of hydrogen-bond donors (Lipinski definition) is 3. The van der Waals surface area contributed by atoms with Crippen LogP contribution in [0.1, 0.15) is 31.2 Å². The van der Waals surface area contributed by atoms with Gasteiger partial charge in [-0.3, -0.25) is 9.69 Å². The van der Waals surface area contributed by atoms with Crippen molar-refractivity contribution in [3.8, 4) is 0 Å². The fraction of sp³-hybridized carbons (Fsp3) is 0.304. The quantitative estimate of drug-likeness (QED) is 0.433. The lowest BCUT2D eigenvalue weighted by Gasteiger charge is -2.32. The molecule has 2 aromatic carbocycles. The maximum absolute atomic E-state index is 11.4. The highest BCUT2D eigenvalue weighted by atomic mass is 32.1. The van der Waals surface area contributed by atoms with E-state index in [9.17, 15) is 4.79 Å². The molecule has 0 saturated carbocycles. The second-order valence-electron chi connectivity index (χ2n) is 7.70. The van der Waals surface area contributed by atoms with Crippen LogP contribution in [-0.2, 0) is 4.79 Å². The highest BCUT2D eigenvalue weighted by Crippen LogP contribution is 2.36. The SMILES string of the molecule is CC(=O)Nc1nc2c(C3CCN(C/C(=C/Nc4ccccc4)N=N)CC3)cccc2s1. The van der Waals surface area contributed by atoms with Crippen molar-refractivity contribution < 1.29 is 4.79 Å². The van der Waals surface area contributed by atoms with Crippen molar-refractivity contribution in [1.82, 2.24) is 9.88 Å². The Morgan fingerprint density at radius 3 is 2.71 bits per heavy atom. The minimum Gasteiger partial charge on any atom is -0.360 e. The van der Waals surface area contributed by atoms with Crippen LogP contribution >= 0.6 is 11.3 Å². The lowest BCUT2D eigenvalue weighted by Crippen LogP contribution is -2.34. The van der Waals surface area contributed by atoms with E-state index in [2.05, 4.69) is 43.8 Å². The number of fused-ring (bicyclic) bond motifs is 1. The van der Waals surface area contributed by atoms with Crippen molar-refractivity contribution >= 4 is 38.3 Å². The number of amides is 1. The van der Waals surface area contributed by atoms with Gasteiger partial charge >= 0.3 is 0 Å². The first-order chi connectivity index (χ1) is 15.1. The summed E-state index contributed by atoms with van der Waals surface area (Å²) in [7, 11) is 0. The minimum absolute atomic E-state index is 0.0978. The summed E-state index contributed by atoms with van der Waals surface area (Å²) >= 11 is 1.52. The standard InChI is InChI=1S/C23H26N6OS/c1-16(30)26-23-27-22-20(8-5-9-21(22)31-23)17-10-12-29(13-11-17)15-19(28-24)14-25-18-6-3-2-4-7-18/h2-9,14,17,24-25H,10-13,15H2,1H3,(H,26,27,30)/b19-14-,28-24?. The predicted molar refractivity (Wildman–Crippen MR) is 126 cm³/mol. The van der Waals surface area contributed by atoms with Gasteiger partial charge < -0.3 is 10.6 Å². The summed E-state index contributed by atoms with van der Waals surface area (Å²) in [6.45, 7) is 4.05. The Bertz CT molecular complexity index is 1090. The van der Waals surface area contributed by atoms with E-state index in [0.717, 1.165) is 41.8 Å². The van der Waals surface area contributed by atoms with Crippen molar-refractivity contribution in [1.29, 1.82) is 5.53 Å². The molecule has 1 fully saturated rings. The molecule has 0 unspecified atom stereocenters. The monoisotopic (exact) mass is 434 g/mol. The van der Waals surface area contributed by atoms with Crippen LogP contribution < -0.4 is 10.6 Å². The van der Waals surface area contributed by atoms with Crippen molar-refractivity contribution in [2.75, 3.05) is 30.3 Å². The maximum Gasteiger partial charge on any atom is 0.223 e. The smallest absolute Gasteiger partial charge is 0.223 e. The first-order valence-electron chi connectivity index (χ1n) is 10.4. The second-order valence-corrected chi connectivity index (χ2v) is 8.73. The summed E-state index contributed by atoms with van der Waals surface area (Å²) in [5, 5.41) is 10.4. The Labute approximate surface area is 185 Å². The van der Waals surface area contributed by atoms with Gasteiger partial charge in [-0.05, 0) is 55.6 Å². The first kappa shape index (κ1) is 21.1. The number of likely N-dealkylation sites (tertiary alicyclic amines) is 1. The van der Waals surface area contributed by atoms with E-state index in [4.69, 9.17) is 5.53 Å². The van der Waals surface area contributed by atoms with E-state index >= 15 is 0 Å². The minimum atomic E-state index is -0.0978. The summed E-state index contributed by atoms with van der Waals surface area (Å²) in [6, 6.07) is 16.2. The van der Waals surface area contributed by atoms with E-state index in [-0.39, 0.29) is 5.91 Å². The number of nitrogens with one attached hydrogen (secondary N) is 3. The molecule has 0 radical (unpaired) electrons. The van der Waals surface area contributed by atoms with E-state index in [0.29, 0.717) is 23.3 Å². The third-order valence-corrected chi connectivity index (χ3v) is 6.41. The molecular weight excluding hydrogens is 408 g/mol. The van der Waals surface area contributed by atoms with Crippen LogP contribution in [-0.4, -0.2) is 35.4 Å². The number of carbonyl (C=O) groups is 1. The Hall–Kier alpha value is -3.10. The number of rotatable bonds is 7. The van der Waals surface area contributed by atoms with Crippen molar-refractivity contribution in [2.45, 2.75) is 25.7 Å². The highest BCUT2D eigenvalue weighted by molar-refractivity contribution is 7.22. The molecule has 3 N–H and O–H groups in total. The molecule has 4 rings (SSSR count). The number of carbonyl (C=O) groups excluding carboxylic acids is 1. The Morgan fingerprint density at radius 1 is 1.23 bits per heavy atom. The first-order valence-corrected chi connectivity index (χ1v) is 11.2. The Balaban J connectivity index is 1.38. The molecular formula is C23H26N6OS. The zero-order valence-corrected chi connectivity index (χ0v) is 18.3. The molecule has 1 aliphatic heterocycles. The molecule has 1 amide bonds. The van der Waals surface area contributed by atoms with Crippen molar-refractivity contribution in [3.05, 3.63) is 66.0 Å². The molecule has 1 aliphatic rings. The van der Waals surface area contributed by atoms with Gasteiger partial charge in [0.2, 0.25) is 5.91 Å². The zero-order valence-electron chi connectivity index (χ0n) is 17.5. The van der Waals surface area contributed by atoms with Crippen LogP contribution in [0.25, 0.3) is 10.2 Å². The van der Waals surface area contributed by atoms with Gasteiger partial charge in [0, 0.05) is 25.4 Å². The van der Waals surface area contributed by atoms with E-state index < -0.39 is 0 Å². The van der Waals surface area contributed by atoms with Crippen LogP contribution in [0.4, 0.5) is 10.8 Å². The summed E-state index contributed by atoms with van der Waals surface area (Å²) < 4.78 is 1.11. The van der Waals surface area contributed by atoms with Crippen molar-refractivity contribution in [2.24, 2.45) is 5.11 Å². The van der Waals surface area contributed by atoms with Gasteiger partial charge in [-0.25, -0.2) is 10.5 Å². The predicted octanol–water partition coefficient (Wildman–Crippen LogP) is 5.42. The third-order valence-electron chi connectivity index (χ3n) is 5.47. The van der Waals surface area contributed by atoms with Gasteiger partial charge in [0.25, 0.3) is 0 Å². The highest BCUT2D eigenvalue weighted by Gasteiger charge is 2.23. The van der Waals surface area contributed by atoms with Crippen LogP contribution in [0.5, 0.6) is 0 Å². The molecule has 3 aromatic rings. The van der Waals surface area contributed by atoms with E-state index in [1.54, 1.807) is 0 Å². The number of benzene rings is 2. The average molecular weight is 435 g/mol. The average Bonchev–Trinajstić information content (AvgIpc) is 3.19.